The third-order valence-electron chi connectivity index (χ3n) is 2.04. The summed E-state index contributed by atoms with van der Waals surface area (Å²) >= 11 is 0. The van der Waals surface area contributed by atoms with Gasteiger partial charge in [-0.3, -0.25) is 0 Å². The summed E-state index contributed by atoms with van der Waals surface area (Å²) in [5.41, 5.74) is 0. The topological polar surface area (TPSA) is 58.9 Å². The molecular formula is C7H15BO4. The van der Waals surface area contributed by atoms with Crippen molar-refractivity contribution in [3.8, 4) is 0 Å². The normalized spacial score (nSPS) is 32.2. The first-order valence-electron chi connectivity index (χ1n) is 4.28. The SMILES string of the molecule is B[C@H](OCCO)[C@@H]1OCC[C@H]1O. The molecule has 3 atom stereocenters. The van der Waals surface area contributed by atoms with Crippen LogP contribution < -0.4 is 0 Å². The van der Waals surface area contributed by atoms with Crippen LogP contribution in [0.5, 0.6) is 0 Å². The van der Waals surface area contributed by atoms with Gasteiger partial charge in [0.1, 0.15) is 14.0 Å². The monoisotopic (exact) mass is 174 g/mol. The first-order valence-corrected chi connectivity index (χ1v) is 4.28. The number of hydrogen-bond donors (Lipinski definition) is 2. The van der Waals surface area contributed by atoms with Crippen LogP contribution in [0.15, 0.2) is 0 Å². The van der Waals surface area contributed by atoms with Gasteiger partial charge >= 0.3 is 0 Å². The minimum atomic E-state index is -0.418. The second kappa shape index (κ2) is 4.82. The second-order valence-corrected chi connectivity index (χ2v) is 2.99. The van der Waals surface area contributed by atoms with Crippen LogP contribution in [0.1, 0.15) is 6.42 Å². The lowest BCUT2D eigenvalue weighted by Crippen LogP contribution is -2.37. The summed E-state index contributed by atoms with van der Waals surface area (Å²) in [6.07, 6.45) is 0.0348. The molecule has 1 saturated heterocycles. The maximum absolute atomic E-state index is 9.39. The van der Waals surface area contributed by atoms with Crippen LogP contribution in [-0.2, 0) is 9.47 Å². The van der Waals surface area contributed by atoms with E-state index in [1.54, 1.807) is 0 Å². The van der Waals surface area contributed by atoms with Crippen molar-refractivity contribution in [3.63, 3.8) is 0 Å². The van der Waals surface area contributed by atoms with Gasteiger partial charge in [-0.2, -0.15) is 0 Å². The molecule has 0 aromatic carbocycles. The molecule has 12 heavy (non-hydrogen) atoms. The van der Waals surface area contributed by atoms with Crippen LogP contribution in [0.25, 0.3) is 0 Å². The third kappa shape index (κ3) is 2.45. The summed E-state index contributed by atoms with van der Waals surface area (Å²) in [4.78, 5) is 0. The molecule has 1 aliphatic rings. The van der Waals surface area contributed by atoms with Crippen molar-refractivity contribution in [3.05, 3.63) is 0 Å². The van der Waals surface area contributed by atoms with Crippen molar-refractivity contribution >= 4 is 7.85 Å². The lowest BCUT2D eigenvalue weighted by Gasteiger charge is -2.21. The summed E-state index contributed by atoms with van der Waals surface area (Å²) in [5.74, 6) is 0. The van der Waals surface area contributed by atoms with Crippen LogP contribution in [0.3, 0.4) is 0 Å². The average molecular weight is 174 g/mol. The van der Waals surface area contributed by atoms with E-state index in [1.165, 1.54) is 0 Å². The molecule has 0 bridgehead atoms. The fourth-order valence-electron chi connectivity index (χ4n) is 1.38. The van der Waals surface area contributed by atoms with Crippen LogP contribution in [-0.4, -0.2) is 56.1 Å². The molecule has 4 nitrogen and oxygen atoms in total. The molecule has 1 heterocycles. The molecule has 1 fully saturated rings. The molecule has 70 valence electrons. The van der Waals surface area contributed by atoms with Crippen molar-refractivity contribution < 1.29 is 19.7 Å². The fourth-order valence-corrected chi connectivity index (χ4v) is 1.38. The Morgan fingerprint density at radius 3 is 2.92 bits per heavy atom. The zero-order valence-electron chi connectivity index (χ0n) is 7.27. The molecule has 0 saturated carbocycles. The number of aliphatic hydroxyl groups excluding tert-OH is 2. The maximum atomic E-state index is 9.39. The Bertz CT molecular complexity index is 133. The van der Waals surface area contributed by atoms with Crippen molar-refractivity contribution in [2.75, 3.05) is 19.8 Å². The summed E-state index contributed by atoms with van der Waals surface area (Å²) < 4.78 is 10.5. The van der Waals surface area contributed by atoms with Crippen LogP contribution >= 0.6 is 0 Å². The van der Waals surface area contributed by atoms with Gasteiger partial charge in [0.2, 0.25) is 0 Å². The standard InChI is InChI=1S/C7H15BO4/c8-7(12-4-2-9)6-5(10)1-3-11-6/h5-7,9-10H,1-4,8H2/t5-,6-,7-/m1/s1. The predicted molar refractivity (Wildman–Crippen MR) is 45.7 cm³/mol. The lowest BCUT2D eigenvalue weighted by atomic mass is 9.91. The van der Waals surface area contributed by atoms with E-state index in [-0.39, 0.29) is 18.7 Å². The van der Waals surface area contributed by atoms with Crippen molar-refractivity contribution in [1.29, 1.82) is 0 Å². The van der Waals surface area contributed by atoms with E-state index in [2.05, 4.69) is 0 Å². The largest absolute Gasteiger partial charge is 0.394 e. The molecule has 0 aliphatic carbocycles. The minimum Gasteiger partial charge on any atom is -0.394 e. The van der Waals surface area contributed by atoms with Crippen molar-refractivity contribution in [1.82, 2.24) is 0 Å². The van der Waals surface area contributed by atoms with E-state index < -0.39 is 6.10 Å². The van der Waals surface area contributed by atoms with Gasteiger partial charge in [-0.1, -0.05) is 0 Å². The molecule has 1 aliphatic heterocycles. The molecule has 0 radical (unpaired) electrons. The second-order valence-electron chi connectivity index (χ2n) is 2.99. The Balaban J connectivity index is 2.25. The van der Waals surface area contributed by atoms with Crippen LogP contribution in [0, 0.1) is 0 Å². The van der Waals surface area contributed by atoms with Gasteiger partial charge < -0.3 is 19.7 Å². The number of hydrogen-bond acceptors (Lipinski definition) is 4. The highest BCUT2D eigenvalue weighted by molar-refractivity contribution is 6.11. The maximum Gasteiger partial charge on any atom is 0.142 e. The van der Waals surface area contributed by atoms with Gasteiger partial charge in [-0.25, -0.2) is 0 Å². The lowest BCUT2D eigenvalue weighted by molar-refractivity contribution is -0.0505. The Morgan fingerprint density at radius 2 is 2.42 bits per heavy atom. The number of aliphatic hydroxyl groups is 2. The van der Waals surface area contributed by atoms with Gasteiger partial charge in [-0.05, 0) is 6.42 Å². The number of ether oxygens (including phenoxy) is 2. The van der Waals surface area contributed by atoms with E-state index in [1.807, 2.05) is 7.85 Å². The van der Waals surface area contributed by atoms with Crippen LogP contribution in [0.2, 0.25) is 0 Å². The highest BCUT2D eigenvalue weighted by atomic mass is 16.6. The summed E-state index contributed by atoms with van der Waals surface area (Å²) in [5, 5.41) is 17.9. The van der Waals surface area contributed by atoms with Crippen LogP contribution in [0.4, 0.5) is 0 Å². The average Bonchev–Trinajstić information content (AvgIpc) is 2.47. The summed E-state index contributed by atoms with van der Waals surface area (Å²) in [7, 11) is 1.84. The molecule has 0 aromatic rings. The first kappa shape index (κ1) is 9.99. The van der Waals surface area contributed by atoms with E-state index in [0.717, 1.165) is 0 Å². The fraction of sp³-hybridized carbons (Fsp3) is 1.00. The summed E-state index contributed by atoms with van der Waals surface area (Å²) in [6, 6.07) is -0.144. The zero-order chi connectivity index (χ0) is 8.97. The molecule has 5 heteroatoms. The van der Waals surface area contributed by atoms with Gasteiger partial charge in [0, 0.05) is 6.61 Å². The molecule has 2 N–H and O–H groups in total. The molecule has 0 aromatic heterocycles. The van der Waals surface area contributed by atoms with E-state index >= 15 is 0 Å². The molecular weight excluding hydrogens is 159 g/mol. The predicted octanol–water partition coefficient (Wildman–Crippen LogP) is -1.90. The van der Waals surface area contributed by atoms with Gasteiger partial charge in [0.05, 0.1) is 25.3 Å². The smallest absolute Gasteiger partial charge is 0.142 e. The number of rotatable bonds is 4. The van der Waals surface area contributed by atoms with Gasteiger partial charge in [-0.15, -0.1) is 0 Å². The third-order valence-corrected chi connectivity index (χ3v) is 2.04. The first-order chi connectivity index (χ1) is 5.75. The summed E-state index contributed by atoms with van der Waals surface area (Å²) in [6.45, 7) is 0.902. The van der Waals surface area contributed by atoms with E-state index in [0.29, 0.717) is 19.6 Å². The molecule has 0 spiro atoms. The van der Waals surface area contributed by atoms with Gasteiger partial charge in [0.25, 0.3) is 0 Å². The van der Waals surface area contributed by atoms with Crippen molar-refractivity contribution in [2.24, 2.45) is 0 Å². The van der Waals surface area contributed by atoms with E-state index in [4.69, 9.17) is 14.6 Å². The Kier molecular flexibility index (Phi) is 4.01. The van der Waals surface area contributed by atoms with Gasteiger partial charge in [0.15, 0.2) is 0 Å². The van der Waals surface area contributed by atoms with Crippen molar-refractivity contribution in [2.45, 2.75) is 24.6 Å². The highest BCUT2D eigenvalue weighted by Crippen LogP contribution is 2.16. The minimum absolute atomic E-state index is 0.00710. The highest BCUT2D eigenvalue weighted by Gasteiger charge is 2.31. The molecule has 0 amide bonds. The Morgan fingerprint density at radius 1 is 1.67 bits per heavy atom. The Labute approximate surface area is 72.9 Å². The zero-order valence-corrected chi connectivity index (χ0v) is 7.27. The van der Waals surface area contributed by atoms with E-state index in [9.17, 15) is 5.11 Å². The quantitative estimate of drug-likeness (QED) is 0.489. The molecule has 1 rings (SSSR count). The molecule has 0 unspecified atom stereocenters. The Hall–Kier alpha value is -0.0951.